The SMILES string of the molecule is CCCCCCCCCCCCCc1c(C)c2ccccc2n1C. The maximum atomic E-state index is 2.40. The molecule has 0 saturated heterocycles. The summed E-state index contributed by atoms with van der Waals surface area (Å²) in [6.45, 7) is 4.58. The van der Waals surface area contributed by atoms with Gasteiger partial charge in [0.25, 0.3) is 0 Å². The third kappa shape index (κ3) is 5.40. The van der Waals surface area contributed by atoms with Crippen LogP contribution in [-0.4, -0.2) is 4.57 Å². The Kier molecular flexibility index (Phi) is 8.42. The number of fused-ring (bicyclic) bond motifs is 1. The Morgan fingerprint density at radius 1 is 0.750 bits per heavy atom. The van der Waals surface area contributed by atoms with E-state index in [4.69, 9.17) is 0 Å². The van der Waals surface area contributed by atoms with Gasteiger partial charge in [0, 0.05) is 23.6 Å². The molecular formula is C23H37N. The summed E-state index contributed by atoms with van der Waals surface area (Å²) in [5.74, 6) is 0. The Hall–Kier alpha value is -1.24. The summed E-state index contributed by atoms with van der Waals surface area (Å²) in [5.41, 5.74) is 4.40. The van der Waals surface area contributed by atoms with Crippen molar-refractivity contribution < 1.29 is 0 Å². The fourth-order valence-electron chi connectivity index (χ4n) is 3.95. The Morgan fingerprint density at radius 3 is 1.88 bits per heavy atom. The molecule has 0 aliphatic heterocycles. The standard InChI is InChI=1S/C23H37N/c1-4-5-6-7-8-9-10-11-12-13-14-18-22-20(2)21-17-15-16-19-23(21)24(22)3/h15-17,19H,4-14,18H2,1-3H3. The number of aryl methyl sites for hydroxylation is 2. The number of hydrogen-bond acceptors (Lipinski definition) is 0. The monoisotopic (exact) mass is 327 g/mol. The molecule has 0 saturated carbocycles. The maximum Gasteiger partial charge on any atom is 0.0482 e. The molecule has 0 N–H and O–H groups in total. The van der Waals surface area contributed by atoms with Crippen LogP contribution in [-0.2, 0) is 13.5 Å². The summed E-state index contributed by atoms with van der Waals surface area (Å²) in [6, 6.07) is 8.80. The van der Waals surface area contributed by atoms with Gasteiger partial charge in [0.1, 0.15) is 0 Å². The minimum Gasteiger partial charge on any atom is -0.347 e. The molecule has 0 spiro atoms. The van der Waals surface area contributed by atoms with Crippen molar-refractivity contribution in [3.63, 3.8) is 0 Å². The summed E-state index contributed by atoms with van der Waals surface area (Å²) in [7, 11) is 2.23. The molecule has 0 fully saturated rings. The van der Waals surface area contributed by atoms with Crippen molar-refractivity contribution in [3.8, 4) is 0 Å². The van der Waals surface area contributed by atoms with E-state index in [1.165, 1.54) is 99.2 Å². The first kappa shape index (κ1) is 19.1. The topological polar surface area (TPSA) is 4.93 Å². The summed E-state index contributed by atoms with van der Waals surface area (Å²) in [5, 5.41) is 1.43. The molecule has 1 aromatic heterocycles. The molecule has 0 atom stereocenters. The minimum atomic E-state index is 1.23. The van der Waals surface area contributed by atoms with Crippen LogP contribution >= 0.6 is 0 Å². The maximum absolute atomic E-state index is 2.40. The normalized spacial score (nSPS) is 11.5. The van der Waals surface area contributed by atoms with E-state index in [0.29, 0.717) is 0 Å². The van der Waals surface area contributed by atoms with E-state index in [2.05, 4.69) is 49.7 Å². The lowest BCUT2D eigenvalue weighted by Crippen LogP contribution is -1.98. The number of rotatable bonds is 12. The highest BCUT2D eigenvalue weighted by Crippen LogP contribution is 2.25. The van der Waals surface area contributed by atoms with Gasteiger partial charge in [0.15, 0.2) is 0 Å². The van der Waals surface area contributed by atoms with E-state index in [1.807, 2.05) is 0 Å². The third-order valence-electron chi connectivity index (χ3n) is 5.52. The fourth-order valence-corrected chi connectivity index (χ4v) is 3.95. The van der Waals surface area contributed by atoms with Gasteiger partial charge in [-0.1, -0.05) is 89.3 Å². The van der Waals surface area contributed by atoms with Crippen molar-refractivity contribution >= 4 is 10.9 Å². The van der Waals surface area contributed by atoms with Crippen molar-refractivity contribution in [2.24, 2.45) is 7.05 Å². The van der Waals surface area contributed by atoms with E-state index in [1.54, 1.807) is 0 Å². The Morgan fingerprint density at radius 2 is 1.29 bits per heavy atom. The van der Waals surface area contributed by atoms with Crippen molar-refractivity contribution in [3.05, 3.63) is 35.5 Å². The molecule has 0 bridgehead atoms. The van der Waals surface area contributed by atoms with Crippen LogP contribution in [0.4, 0.5) is 0 Å². The number of nitrogens with zero attached hydrogens (tertiary/aromatic N) is 1. The average Bonchev–Trinajstić information content (AvgIpc) is 2.84. The van der Waals surface area contributed by atoms with Gasteiger partial charge < -0.3 is 4.57 Å². The van der Waals surface area contributed by atoms with Crippen molar-refractivity contribution in [2.75, 3.05) is 0 Å². The molecule has 1 nitrogen and oxygen atoms in total. The number of unbranched alkanes of at least 4 members (excludes halogenated alkanes) is 10. The van der Waals surface area contributed by atoms with E-state index in [9.17, 15) is 0 Å². The van der Waals surface area contributed by atoms with Crippen LogP contribution in [0.15, 0.2) is 24.3 Å². The number of hydrogen-bond donors (Lipinski definition) is 0. The molecule has 0 aliphatic rings. The highest BCUT2D eigenvalue weighted by molar-refractivity contribution is 5.85. The molecule has 134 valence electrons. The Bertz CT molecular complexity index is 554. The second-order valence-electron chi connectivity index (χ2n) is 7.43. The molecule has 1 heteroatoms. The first-order valence-electron chi connectivity index (χ1n) is 10.3. The third-order valence-corrected chi connectivity index (χ3v) is 5.52. The largest absolute Gasteiger partial charge is 0.347 e. The van der Waals surface area contributed by atoms with Crippen LogP contribution in [0.3, 0.4) is 0 Å². The zero-order chi connectivity index (χ0) is 17.2. The van der Waals surface area contributed by atoms with Crippen LogP contribution in [0.25, 0.3) is 10.9 Å². The van der Waals surface area contributed by atoms with E-state index in [0.717, 1.165) is 0 Å². The van der Waals surface area contributed by atoms with Crippen molar-refractivity contribution in [2.45, 2.75) is 90.9 Å². The number of benzene rings is 1. The molecule has 2 rings (SSSR count). The van der Waals surface area contributed by atoms with Gasteiger partial charge in [-0.3, -0.25) is 0 Å². The molecule has 24 heavy (non-hydrogen) atoms. The summed E-state index contributed by atoms with van der Waals surface area (Å²) in [6.07, 6.45) is 16.8. The predicted octanol–water partition coefficient (Wildman–Crippen LogP) is 7.34. The fraction of sp³-hybridized carbons (Fsp3) is 0.652. The highest BCUT2D eigenvalue weighted by Gasteiger charge is 2.10. The van der Waals surface area contributed by atoms with Crippen molar-refractivity contribution in [1.29, 1.82) is 0 Å². The molecule has 1 heterocycles. The van der Waals surface area contributed by atoms with Crippen LogP contribution in [0.2, 0.25) is 0 Å². The van der Waals surface area contributed by atoms with Gasteiger partial charge in [-0.15, -0.1) is 0 Å². The van der Waals surface area contributed by atoms with Gasteiger partial charge in [-0.2, -0.15) is 0 Å². The summed E-state index contributed by atoms with van der Waals surface area (Å²) in [4.78, 5) is 0. The second-order valence-corrected chi connectivity index (χ2v) is 7.43. The smallest absolute Gasteiger partial charge is 0.0482 e. The number of para-hydroxylation sites is 1. The quantitative estimate of drug-likeness (QED) is 0.359. The Labute approximate surface area is 149 Å². The van der Waals surface area contributed by atoms with Crippen LogP contribution in [0.5, 0.6) is 0 Å². The van der Waals surface area contributed by atoms with E-state index < -0.39 is 0 Å². The van der Waals surface area contributed by atoms with Gasteiger partial charge in [0.2, 0.25) is 0 Å². The molecule has 1 aromatic carbocycles. The first-order valence-corrected chi connectivity index (χ1v) is 10.3. The molecule has 0 aliphatic carbocycles. The molecule has 0 radical (unpaired) electrons. The van der Waals surface area contributed by atoms with Gasteiger partial charge in [0.05, 0.1) is 0 Å². The van der Waals surface area contributed by atoms with Crippen LogP contribution < -0.4 is 0 Å². The Balaban J connectivity index is 1.60. The van der Waals surface area contributed by atoms with Crippen LogP contribution in [0.1, 0.15) is 88.8 Å². The molecular weight excluding hydrogens is 290 g/mol. The van der Waals surface area contributed by atoms with Gasteiger partial charge >= 0.3 is 0 Å². The first-order chi connectivity index (χ1) is 11.8. The summed E-state index contributed by atoms with van der Waals surface area (Å²) >= 11 is 0. The zero-order valence-electron chi connectivity index (χ0n) is 16.2. The highest BCUT2D eigenvalue weighted by atomic mass is 14.9. The average molecular weight is 328 g/mol. The second kappa shape index (κ2) is 10.6. The zero-order valence-corrected chi connectivity index (χ0v) is 16.2. The van der Waals surface area contributed by atoms with E-state index >= 15 is 0 Å². The summed E-state index contributed by atoms with van der Waals surface area (Å²) < 4.78 is 2.40. The molecule has 2 aromatic rings. The lowest BCUT2D eigenvalue weighted by molar-refractivity contribution is 0.547. The molecule has 0 unspecified atom stereocenters. The minimum absolute atomic E-state index is 1.23. The predicted molar refractivity (Wildman–Crippen MR) is 108 cm³/mol. The lowest BCUT2D eigenvalue weighted by Gasteiger charge is -2.06. The number of aromatic nitrogens is 1. The van der Waals surface area contributed by atoms with Gasteiger partial charge in [-0.25, -0.2) is 0 Å². The van der Waals surface area contributed by atoms with E-state index in [-0.39, 0.29) is 0 Å². The van der Waals surface area contributed by atoms with Gasteiger partial charge in [-0.05, 0) is 31.4 Å². The van der Waals surface area contributed by atoms with Crippen LogP contribution in [0, 0.1) is 6.92 Å². The van der Waals surface area contributed by atoms with Crippen molar-refractivity contribution in [1.82, 2.24) is 4.57 Å². The lowest BCUT2D eigenvalue weighted by atomic mass is 10.0. The molecule has 0 amide bonds.